The van der Waals surface area contributed by atoms with Crippen LogP contribution in [0.1, 0.15) is 37.0 Å². The minimum absolute atomic E-state index is 0.132. The largest absolute Gasteiger partial charge is 0.335 e. The predicted molar refractivity (Wildman–Crippen MR) is 83.9 cm³/mol. The van der Waals surface area contributed by atoms with Crippen molar-refractivity contribution in [3.63, 3.8) is 0 Å². The van der Waals surface area contributed by atoms with Crippen LogP contribution in [0.5, 0.6) is 0 Å². The van der Waals surface area contributed by atoms with Gasteiger partial charge in [-0.15, -0.1) is 11.3 Å². The normalized spacial score (nSPS) is 20.2. The summed E-state index contributed by atoms with van der Waals surface area (Å²) in [6.45, 7) is 0.677. The van der Waals surface area contributed by atoms with Crippen molar-refractivity contribution in [1.82, 2.24) is 4.90 Å². The maximum atomic E-state index is 12.6. The second-order valence-electron chi connectivity index (χ2n) is 6.58. The Balaban J connectivity index is 1.65. The van der Waals surface area contributed by atoms with Gasteiger partial charge < -0.3 is 4.90 Å². The van der Waals surface area contributed by atoms with Gasteiger partial charge in [-0.05, 0) is 42.5 Å². The molecule has 21 heavy (non-hydrogen) atoms. The molecule has 2 aliphatic carbocycles. The molecule has 116 valence electrons. The summed E-state index contributed by atoms with van der Waals surface area (Å²) in [7, 11) is -3.01. The number of thiophene rings is 1. The Kier molecular flexibility index (Phi) is 3.86. The molecule has 2 fully saturated rings. The minimum Gasteiger partial charge on any atom is -0.335 e. The first-order valence-corrected chi connectivity index (χ1v) is 10.3. The fourth-order valence-corrected chi connectivity index (χ4v) is 5.11. The van der Waals surface area contributed by atoms with E-state index in [4.69, 9.17) is 0 Å². The fourth-order valence-electron chi connectivity index (χ4n) is 2.91. The number of nitrogens with zero attached hydrogens (tertiary/aromatic N) is 1. The maximum absolute atomic E-state index is 12.6. The second-order valence-corrected chi connectivity index (χ2v) is 9.75. The van der Waals surface area contributed by atoms with Gasteiger partial charge in [0.15, 0.2) is 0 Å². The fraction of sp³-hybridized carbons (Fsp3) is 0.667. The van der Waals surface area contributed by atoms with Crippen molar-refractivity contribution in [1.29, 1.82) is 0 Å². The third-order valence-corrected chi connectivity index (χ3v) is 6.26. The second kappa shape index (κ2) is 5.39. The van der Waals surface area contributed by atoms with Crippen LogP contribution in [-0.4, -0.2) is 37.3 Å². The molecule has 0 aromatic carbocycles. The van der Waals surface area contributed by atoms with Gasteiger partial charge in [-0.3, -0.25) is 4.79 Å². The van der Waals surface area contributed by atoms with E-state index < -0.39 is 9.84 Å². The Bertz CT molecular complexity index is 613. The molecule has 1 heterocycles. The van der Waals surface area contributed by atoms with Crippen molar-refractivity contribution in [2.24, 2.45) is 5.41 Å². The summed E-state index contributed by atoms with van der Waals surface area (Å²) in [6.07, 6.45) is 5.54. The topological polar surface area (TPSA) is 54.5 Å². The molecule has 0 N–H and O–H groups in total. The Labute approximate surface area is 130 Å². The maximum Gasteiger partial charge on any atom is 0.223 e. The molecule has 4 nitrogen and oxygen atoms in total. The van der Waals surface area contributed by atoms with Crippen molar-refractivity contribution in [3.05, 3.63) is 22.4 Å². The summed E-state index contributed by atoms with van der Waals surface area (Å²) in [5, 5.41) is 2.02. The van der Waals surface area contributed by atoms with Crippen LogP contribution in [0.2, 0.25) is 0 Å². The number of carbonyl (C=O) groups excluding carboxylic acids is 1. The van der Waals surface area contributed by atoms with Gasteiger partial charge in [0.05, 0.1) is 12.3 Å². The lowest BCUT2D eigenvalue weighted by Crippen LogP contribution is -2.35. The first-order chi connectivity index (χ1) is 9.87. The van der Waals surface area contributed by atoms with E-state index in [1.54, 1.807) is 11.3 Å². The molecule has 2 saturated carbocycles. The van der Waals surface area contributed by atoms with E-state index in [-0.39, 0.29) is 17.1 Å². The van der Waals surface area contributed by atoms with Crippen LogP contribution in [0.15, 0.2) is 17.5 Å². The van der Waals surface area contributed by atoms with Crippen LogP contribution in [0, 0.1) is 5.41 Å². The molecule has 0 spiro atoms. The molecule has 6 heteroatoms. The molecule has 0 bridgehead atoms. The number of rotatable bonds is 7. The lowest BCUT2D eigenvalue weighted by atomic mass is 10.0. The van der Waals surface area contributed by atoms with E-state index in [9.17, 15) is 13.2 Å². The van der Waals surface area contributed by atoms with E-state index >= 15 is 0 Å². The minimum atomic E-state index is -3.01. The molecule has 0 unspecified atom stereocenters. The molecule has 1 aromatic rings. The summed E-state index contributed by atoms with van der Waals surface area (Å²) in [5.74, 6) is 0.288. The van der Waals surface area contributed by atoms with Gasteiger partial charge in [-0.1, -0.05) is 6.07 Å². The number of amides is 1. The zero-order valence-corrected chi connectivity index (χ0v) is 13.9. The molecular formula is C15H21NO3S2. The average Bonchev–Trinajstić information content (AvgIpc) is 3.27. The number of sulfone groups is 1. The SMILES string of the molecule is CS(=O)(=O)CC1(CC(=O)N(Cc2cccs2)C2CC2)CC1. The first-order valence-electron chi connectivity index (χ1n) is 7.37. The highest BCUT2D eigenvalue weighted by Gasteiger charge is 2.48. The van der Waals surface area contributed by atoms with Crippen molar-refractivity contribution in [2.75, 3.05) is 12.0 Å². The van der Waals surface area contributed by atoms with Crippen LogP contribution in [0.4, 0.5) is 0 Å². The third kappa shape index (κ3) is 4.07. The van der Waals surface area contributed by atoms with E-state index in [0.717, 1.165) is 25.7 Å². The summed E-state index contributed by atoms with van der Waals surface area (Å²) < 4.78 is 23.0. The first kappa shape index (κ1) is 15.0. The molecular weight excluding hydrogens is 306 g/mol. The lowest BCUT2D eigenvalue weighted by molar-refractivity contribution is -0.133. The Hall–Kier alpha value is -0.880. The molecule has 0 aliphatic heterocycles. The smallest absolute Gasteiger partial charge is 0.223 e. The monoisotopic (exact) mass is 327 g/mol. The van der Waals surface area contributed by atoms with Gasteiger partial charge in [-0.2, -0.15) is 0 Å². The zero-order chi connectivity index (χ0) is 15.1. The molecule has 1 amide bonds. The van der Waals surface area contributed by atoms with Crippen molar-refractivity contribution < 1.29 is 13.2 Å². The van der Waals surface area contributed by atoms with Gasteiger partial charge >= 0.3 is 0 Å². The number of carbonyl (C=O) groups is 1. The van der Waals surface area contributed by atoms with Crippen molar-refractivity contribution >= 4 is 27.1 Å². The van der Waals surface area contributed by atoms with E-state index in [1.165, 1.54) is 11.1 Å². The molecule has 2 aliphatic rings. The van der Waals surface area contributed by atoms with Gasteiger partial charge in [-0.25, -0.2) is 8.42 Å². The van der Waals surface area contributed by atoms with Gasteiger partial charge in [0, 0.05) is 23.6 Å². The number of hydrogen-bond acceptors (Lipinski definition) is 4. The molecule has 0 radical (unpaired) electrons. The van der Waals surface area contributed by atoms with Crippen molar-refractivity contribution in [3.8, 4) is 0 Å². The molecule has 0 saturated heterocycles. The standard InChI is InChI=1S/C15H21NO3S2/c1-21(18,19)11-15(6-7-15)9-14(17)16(12-4-5-12)10-13-3-2-8-20-13/h2-3,8,12H,4-7,9-11H2,1H3. The van der Waals surface area contributed by atoms with Crippen LogP contribution in [0.3, 0.4) is 0 Å². The highest BCUT2D eigenvalue weighted by molar-refractivity contribution is 7.90. The Morgan fingerprint density at radius 3 is 2.62 bits per heavy atom. The third-order valence-electron chi connectivity index (χ3n) is 4.27. The molecule has 1 aromatic heterocycles. The van der Waals surface area contributed by atoms with E-state index in [0.29, 0.717) is 19.0 Å². The summed E-state index contributed by atoms with van der Waals surface area (Å²) in [4.78, 5) is 15.8. The summed E-state index contributed by atoms with van der Waals surface area (Å²) >= 11 is 1.67. The molecule has 0 atom stereocenters. The van der Waals surface area contributed by atoms with Gasteiger partial charge in [0.25, 0.3) is 0 Å². The Morgan fingerprint density at radius 2 is 2.14 bits per heavy atom. The summed E-state index contributed by atoms with van der Waals surface area (Å²) in [6, 6.07) is 4.42. The van der Waals surface area contributed by atoms with Gasteiger partial charge in [0.2, 0.25) is 5.91 Å². The van der Waals surface area contributed by atoms with Crippen LogP contribution >= 0.6 is 11.3 Å². The Morgan fingerprint density at radius 1 is 1.43 bits per heavy atom. The predicted octanol–water partition coefficient (Wildman–Crippen LogP) is 2.45. The van der Waals surface area contributed by atoms with E-state index in [1.807, 2.05) is 16.3 Å². The highest BCUT2D eigenvalue weighted by atomic mass is 32.2. The van der Waals surface area contributed by atoms with Crippen LogP contribution < -0.4 is 0 Å². The number of hydrogen-bond donors (Lipinski definition) is 0. The van der Waals surface area contributed by atoms with Crippen molar-refractivity contribution in [2.45, 2.75) is 44.7 Å². The van der Waals surface area contributed by atoms with Gasteiger partial charge in [0.1, 0.15) is 9.84 Å². The lowest BCUT2D eigenvalue weighted by Gasteiger charge is -2.24. The summed E-state index contributed by atoms with van der Waals surface area (Å²) in [5.41, 5.74) is -0.271. The van der Waals surface area contributed by atoms with E-state index in [2.05, 4.69) is 6.07 Å². The zero-order valence-electron chi connectivity index (χ0n) is 12.2. The quantitative estimate of drug-likeness (QED) is 0.773. The van der Waals surface area contributed by atoms with Crippen LogP contribution in [-0.2, 0) is 21.2 Å². The highest BCUT2D eigenvalue weighted by Crippen LogP contribution is 2.50. The van der Waals surface area contributed by atoms with Crippen LogP contribution in [0.25, 0.3) is 0 Å². The average molecular weight is 327 g/mol. The molecule has 3 rings (SSSR count).